The Balaban J connectivity index is 2.12. The second kappa shape index (κ2) is 6.49. The van der Waals surface area contributed by atoms with Gasteiger partial charge in [0.05, 0.1) is 12.4 Å². The topological polar surface area (TPSA) is 75.2 Å². The second-order valence-electron chi connectivity index (χ2n) is 5.28. The molecule has 0 bridgehead atoms. The summed E-state index contributed by atoms with van der Waals surface area (Å²) < 4.78 is 26.5. The summed E-state index contributed by atoms with van der Waals surface area (Å²) in [6, 6.07) is 0. The zero-order chi connectivity index (χ0) is 14.6. The zero-order valence-electron chi connectivity index (χ0n) is 12.0. The Labute approximate surface area is 120 Å². The van der Waals surface area contributed by atoms with Crippen molar-refractivity contribution in [2.45, 2.75) is 38.0 Å². The highest BCUT2D eigenvalue weighted by Crippen LogP contribution is 2.22. The molecule has 1 aromatic heterocycles. The van der Waals surface area contributed by atoms with E-state index in [1.165, 1.54) is 12.4 Å². The molecule has 0 amide bonds. The van der Waals surface area contributed by atoms with Crippen molar-refractivity contribution in [2.24, 2.45) is 5.92 Å². The van der Waals surface area contributed by atoms with Crippen molar-refractivity contribution >= 4 is 16.0 Å². The molecule has 1 unspecified atom stereocenters. The first-order chi connectivity index (χ1) is 9.54. The first-order valence-electron chi connectivity index (χ1n) is 7.10. The van der Waals surface area contributed by atoms with Crippen molar-refractivity contribution in [3.05, 3.63) is 12.4 Å². The maximum absolute atomic E-state index is 12.5. The molecule has 0 spiro atoms. The fourth-order valence-electron chi connectivity index (χ4n) is 2.29. The van der Waals surface area contributed by atoms with Crippen LogP contribution in [0.4, 0.5) is 5.95 Å². The highest BCUT2D eigenvalue weighted by molar-refractivity contribution is 7.89. The molecule has 20 heavy (non-hydrogen) atoms. The van der Waals surface area contributed by atoms with E-state index < -0.39 is 10.0 Å². The molecule has 1 aromatic rings. The van der Waals surface area contributed by atoms with Gasteiger partial charge in [-0.15, -0.1) is 0 Å². The summed E-state index contributed by atoms with van der Waals surface area (Å²) in [6.45, 7) is 6.07. The second-order valence-corrected chi connectivity index (χ2v) is 7.22. The summed E-state index contributed by atoms with van der Waals surface area (Å²) >= 11 is 0. The van der Waals surface area contributed by atoms with Gasteiger partial charge in [0.1, 0.15) is 4.90 Å². The normalized spacial score (nSPS) is 20.8. The first-order valence-corrected chi connectivity index (χ1v) is 8.54. The molecule has 112 valence electrons. The van der Waals surface area contributed by atoms with E-state index in [4.69, 9.17) is 0 Å². The maximum atomic E-state index is 12.5. The molecular weight excluding hydrogens is 276 g/mol. The lowest BCUT2D eigenvalue weighted by molar-refractivity contribution is 0.281. The standard InChI is InChI=1S/C13H22N4O2S/c1-3-6-14-13-15-8-12(9-16-13)20(18,19)17-7-4-5-11(2)10-17/h8-9,11H,3-7,10H2,1-2H3,(H,14,15,16). The van der Waals surface area contributed by atoms with Gasteiger partial charge in [0.25, 0.3) is 0 Å². The molecule has 1 atom stereocenters. The monoisotopic (exact) mass is 298 g/mol. The molecule has 0 aromatic carbocycles. The van der Waals surface area contributed by atoms with Crippen LogP contribution in [0.15, 0.2) is 17.3 Å². The average molecular weight is 298 g/mol. The number of sulfonamides is 1. The van der Waals surface area contributed by atoms with E-state index in [0.717, 1.165) is 25.8 Å². The number of rotatable bonds is 5. The van der Waals surface area contributed by atoms with E-state index in [0.29, 0.717) is 25.0 Å². The van der Waals surface area contributed by atoms with Crippen molar-refractivity contribution in [3.63, 3.8) is 0 Å². The quantitative estimate of drug-likeness (QED) is 0.896. The van der Waals surface area contributed by atoms with Gasteiger partial charge >= 0.3 is 0 Å². The number of nitrogens with one attached hydrogen (secondary N) is 1. The molecule has 1 aliphatic rings. The van der Waals surface area contributed by atoms with Crippen molar-refractivity contribution in [1.29, 1.82) is 0 Å². The average Bonchev–Trinajstić information content (AvgIpc) is 2.45. The minimum absolute atomic E-state index is 0.175. The molecular formula is C13H22N4O2S. The van der Waals surface area contributed by atoms with Crippen molar-refractivity contribution in [1.82, 2.24) is 14.3 Å². The summed E-state index contributed by atoms with van der Waals surface area (Å²) in [5, 5.41) is 3.03. The van der Waals surface area contributed by atoms with Gasteiger partial charge in [0.15, 0.2) is 0 Å². The SMILES string of the molecule is CCCNc1ncc(S(=O)(=O)N2CCCC(C)C2)cn1. The van der Waals surface area contributed by atoms with Crippen LogP contribution in [0.25, 0.3) is 0 Å². The zero-order valence-corrected chi connectivity index (χ0v) is 12.9. The van der Waals surface area contributed by atoms with Crippen molar-refractivity contribution in [3.8, 4) is 0 Å². The van der Waals surface area contributed by atoms with Crippen LogP contribution < -0.4 is 5.32 Å². The Hall–Kier alpha value is -1.21. The summed E-state index contributed by atoms with van der Waals surface area (Å²) in [5.74, 6) is 0.878. The number of nitrogens with zero attached hydrogens (tertiary/aromatic N) is 3. The number of piperidine rings is 1. The number of hydrogen-bond acceptors (Lipinski definition) is 5. The fourth-order valence-corrected chi connectivity index (χ4v) is 3.78. The van der Waals surface area contributed by atoms with E-state index in [9.17, 15) is 8.42 Å². The van der Waals surface area contributed by atoms with Crippen LogP contribution in [-0.2, 0) is 10.0 Å². The maximum Gasteiger partial charge on any atom is 0.246 e. The molecule has 0 saturated carbocycles. The van der Waals surface area contributed by atoms with Gasteiger partial charge in [-0.2, -0.15) is 4.31 Å². The highest BCUT2D eigenvalue weighted by Gasteiger charge is 2.29. The van der Waals surface area contributed by atoms with Gasteiger partial charge in [-0.05, 0) is 25.2 Å². The lowest BCUT2D eigenvalue weighted by Crippen LogP contribution is -2.39. The van der Waals surface area contributed by atoms with Gasteiger partial charge in [0, 0.05) is 19.6 Å². The van der Waals surface area contributed by atoms with Crippen LogP contribution in [0.5, 0.6) is 0 Å². The van der Waals surface area contributed by atoms with Crippen LogP contribution in [0.3, 0.4) is 0 Å². The predicted molar refractivity (Wildman–Crippen MR) is 78.0 cm³/mol. The van der Waals surface area contributed by atoms with Crippen molar-refractivity contribution in [2.75, 3.05) is 25.0 Å². The minimum Gasteiger partial charge on any atom is -0.354 e. The summed E-state index contributed by atoms with van der Waals surface area (Å²) in [4.78, 5) is 8.31. The molecule has 1 aliphatic heterocycles. The van der Waals surface area contributed by atoms with E-state index in [2.05, 4.69) is 22.2 Å². The van der Waals surface area contributed by atoms with Crippen LogP contribution >= 0.6 is 0 Å². The third-order valence-corrected chi connectivity index (χ3v) is 5.24. The minimum atomic E-state index is -3.45. The van der Waals surface area contributed by atoms with Crippen molar-refractivity contribution < 1.29 is 8.42 Å². The Morgan fingerprint density at radius 2 is 2.10 bits per heavy atom. The molecule has 6 nitrogen and oxygen atoms in total. The Morgan fingerprint density at radius 3 is 2.70 bits per heavy atom. The first kappa shape index (κ1) is 15.2. The molecule has 0 radical (unpaired) electrons. The molecule has 2 heterocycles. The van der Waals surface area contributed by atoms with E-state index in [-0.39, 0.29) is 4.90 Å². The predicted octanol–water partition coefficient (Wildman–Crippen LogP) is 1.72. The lowest BCUT2D eigenvalue weighted by Gasteiger charge is -2.29. The molecule has 1 fully saturated rings. The van der Waals surface area contributed by atoms with Crippen LogP contribution in [-0.4, -0.2) is 42.3 Å². The highest BCUT2D eigenvalue weighted by atomic mass is 32.2. The third kappa shape index (κ3) is 3.46. The van der Waals surface area contributed by atoms with Gasteiger partial charge < -0.3 is 5.32 Å². The van der Waals surface area contributed by atoms with Crippen LogP contribution in [0, 0.1) is 5.92 Å². The van der Waals surface area contributed by atoms with E-state index >= 15 is 0 Å². The van der Waals surface area contributed by atoms with E-state index in [1.54, 1.807) is 4.31 Å². The summed E-state index contributed by atoms with van der Waals surface area (Å²) in [7, 11) is -3.45. The Bertz CT molecular complexity index is 530. The third-order valence-electron chi connectivity index (χ3n) is 3.42. The number of anilines is 1. The molecule has 7 heteroatoms. The van der Waals surface area contributed by atoms with Gasteiger partial charge in [0.2, 0.25) is 16.0 Å². The number of hydrogen-bond donors (Lipinski definition) is 1. The molecule has 2 rings (SSSR count). The van der Waals surface area contributed by atoms with Crippen LogP contribution in [0.2, 0.25) is 0 Å². The Morgan fingerprint density at radius 1 is 1.40 bits per heavy atom. The largest absolute Gasteiger partial charge is 0.354 e. The van der Waals surface area contributed by atoms with Gasteiger partial charge in [-0.25, -0.2) is 18.4 Å². The molecule has 1 saturated heterocycles. The lowest BCUT2D eigenvalue weighted by atomic mass is 10.0. The van der Waals surface area contributed by atoms with Gasteiger partial charge in [-0.3, -0.25) is 0 Å². The molecule has 1 N–H and O–H groups in total. The van der Waals surface area contributed by atoms with E-state index in [1.807, 2.05) is 6.92 Å². The van der Waals surface area contributed by atoms with Crippen LogP contribution in [0.1, 0.15) is 33.1 Å². The smallest absolute Gasteiger partial charge is 0.246 e. The number of aromatic nitrogens is 2. The van der Waals surface area contributed by atoms with Gasteiger partial charge in [-0.1, -0.05) is 13.8 Å². The Kier molecular flexibility index (Phi) is 4.93. The fraction of sp³-hybridized carbons (Fsp3) is 0.692. The summed E-state index contributed by atoms with van der Waals surface area (Å²) in [5.41, 5.74) is 0. The molecule has 0 aliphatic carbocycles. The summed E-state index contributed by atoms with van der Waals surface area (Å²) in [6.07, 6.45) is 5.74.